The zero-order chi connectivity index (χ0) is 13.9. The van der Waals surface area contributed by atoms with Crippen molar-refractivity contribution < 1.29 is 9.15 Å². The lowest BCUT2D eigenvalue weighted by Gasteiger charge is -2.22. The smallest absolute Gasteiger partial charge is 0.125 e. The molecule has 0 unspecified atom stereocenters. The Morgan fingerprint density at radius 2 is 2.15 bits per heavy atom. The molecule has 0 spiro atoms. The quantitative estimate of drug-likeness (QED) is 0.821. The van der Waals surface area contributed by atoms with Crippen LogP contribution in [-0.2, 0) is 13.1 Å². The largest absolute Gasteiger partial charge is 0.496 e. The van der Waals surface area contributed by atoms with Gasteiger partial charge < -0.3 is 14.9 Å². The van der Waals surface area contributed by atoms with Crippen LogP contribution in [0.25, 0.3) is 0 Å². The van der Waals surface area contributed by atoms with Crippen LogP contribution in [0.1, 0.15) is 24.2 Å². The van der Waals surface area contributed by atoms with Crippen LogP contribution in [0.2, 0.25) is 0 Å². The monoisotopic (exact) mass is 272 g/mol. The van der Waals surface area contributed by atoms with Gasteiger partial charge in [0.15, 0.2) is 0 Å². The van der Waals surface area contributed by atoms with Crippen molar-refractivity contribution in [1.82, 2.24) is 4.90 Å². The first-order chi connectivity index (χ1) is 9.76. The normalized spacial score (nSPS) is 14.7. The SMILES string of the molecule is COc1cc(N)ccc1CN(Cc1ccco1)C1CC1. The van der Waals surface area contributed by atoms with Gasteiger partial charge in [0.2, 0.25) is 0 Å². The molecular weight excluding hydrogens is 252 g/mol. The third-order valence-corrected chi connectivity index (χ3v) is 3.69. The second-order valence-electron chi connectivity index (χ2n) is 5.29. The minimum absolute atomic E-state index is 0.655. The summed E-state index contributed by atoms with van der Waals surface area (Å²) in [5, 5.41) is 0. The first-order valence-electron chi connectivity index (χ1n) is 6.95. The van der Waals surface area contributed by atoms with Crippen molar-refractivity contribution in [2.24, 2.45) is 0 Å². The van der Waals surface area contributed by atoms with Crippen molar-refractivity contribution in [3.05, 3.63) is 47.9 Å². The Kier molecular flexibility index (Phi) is 3.65. The minimum atomic E-state index is 0.655. The molecule has 0 amide bonds. The van der Waals surface area contributed by atoms with Crippen LogP contribution in [0, 0.1) is 0 Å². The van der Waals surface area contributed by atoms with Gasteiger partial charge in [0.25, 0.3) is 0 Å². The van der Waals surface area contributed by atoms with Crippen molar-refractivity contribution in [2.75, 3.05) is 12.8 Å². The lowest BCUT2D eigenvalue weighted by Crippen LogP contribution is -2.25. The van der Waals surface area contributed by atoms with E-state index in [4.69, 9.17) is 14.9 Å². The van der Waals surface area contributed by atoms with E-state index >= 15 is 0 Å². The summed E-state index contributed by atoms with van der Waals surface area (Å²) in [6, 6.07) is 10.5. The van der Waals surface area contributed by atoms with E-state index in [0.717, 1.165) is 30.3 Å². The summed E-state index contributed by atoms with van der Waals surface area (Å²) < 4.78 is 10.9. The van der Waals surface area contributed by atoms with Gasteiger partial charge in [0.1, 0.15) is 11.5 Å². The highest BCUT2D eigenvalue weighted by molar-refractivity contribution is 5.48. The number of hydrogen-bond donors (Lipinski definition) is 1. The van der Waals surface area contributed by atoms with Gasteiger partial charge in [-0.1, -0.05) is 6.07 Å². The van der Waals surface area contributed by atoms with Crippen molar-refractivity contribution in [3.63, 3.8) is 0 Å². The summed E-state index contributed by atoms with van der Waals surface area (Å²) >= 11 is 0. The van der Waals surface area contributed by atoms with Gasteiger partial charge in [0, 0.05) is 29.9 Å². The van der Waals surface area contributed by atoms with E-state index in [1.165, 1.54) is 18.4 Å². The molecule has 0 aliphatic heterocycles. The highest BCUT2D eigenvalue weighted by Crippen LogP contribution is 2.32. The van der Waals surface area contributed by atoms with Gasteiger partial charge in [-0.2, -0.15) is 0 Å². The molecule has 2 aromatic rings. The maximum atomic E-state index is 5.81. The number of nitrogen functional groups attached to an aromatic ring is 1. The van der Waals surface area contributed by atoms with Crippen LogP contribution < -0.4 is 10.5 Å². The maximum Gasteiger partial charge on any atom is 0.125 e. The number of rotatable bonds is 6. The van der Waals surface area contributed by atoms with Gasteiger partial charge in [-0.15, -0.1) is 0 Å². The molecule has 0 radical (unpaired) electrons. The van der Waals surface area contributed by atoms with Crippen LogP contribution in [0.3, 0.4) is 0 Å². The lowest BCUT2D eigenvalue weighted by molar-refractivity contribution is 0.222. The molecule has 1 aliphatic rings. The van der Waals surface area contributed by atoms with E-state index in [0.29, 0.717) is 6.04 Å². The average Bonchev–Trinajstić information content (AvgIpc) is 3.18. The second kappa shape index (κ2) is 5.59. The van der Waals surface area contributed by atoms with Gasteiger partial charge >= 0.3 is 0 Å². The third kappa shape index (κ3) is 2.96. The molecular formula is C16H20N2O2. The summed E-state index contributed by atoms with van der Waals surface area (Å²) in [6.07, 6.45) is 4.25. The maximum absolute atomic E-state index is 5.81. The third-order valence-electron chi connectivity index (χ3n) is 3.69. The Labute approximate surface area is 119 Å². The number of nitrogens with two attached hydrogens (primary N) is 1. The molecule has 1 fully saturated rings. The molecule has 3 rings (SSSR count). The number of methoxy groups -OCH3 is 1. The van der Waals surface area contributed by atoms with Crippen molar-refractivity contribution in [2.45, 2.75) is 32.0 Å². The highest BCUT2D eigenvalue weighted by Gasteiger charge is 2.30. The predicted octanol–water partition coefficient (Wildman–Crippen LogP) is 3.04. The molecule has 0 saturated heterocycles. The zero-order valence-corrected chi connectivity index (χ0v) is 11.7. The first kappa shape index (κ1) is 13.1. The van der Waals surface area contributed by atoms with Gasteiger partial charge in [-0.05, 0) is 31.0 Å². The van der Waals surface area contributed by atoms with Crippen LogP contribution >= 0.6 is 0 Å². The number of benzene rings is 1. The summed E-state index contributed by atoms with van der Waals surface area (Å²) in [5.41, 5.74) is 7.71. The lowest BCUT2D eigenvalue weighted by atomic mass is 10.1. The van der Waals surface area contributed by atoms with Crippen molar-refractivity contribution in [3.8, 4) is 5.75 Å². The number of furan rings is 1. The van der Waals surface area contributed by atoms with E-state index in [1.54, 1.807) is 13.4 Å². The molecule has 106 valence electrons. The van der Waals surface area contributed by atoms with Gasteiger partial charge in [0.05, 0.1) is 19.9 Å². The number of ether oxygens (including phenoxy) is 1. The fraction of sp³-hybridized carbons (Fsp3) is 0.375. The molecule has 4 heteroatoms. The Hall–Kier alpha value is -1.94. The van der Waals surface area contributed by atoms with Crippen molar-refractivity contribution >= 4 is 5.69 Å². The van der Waals surface area contributed by atoms with Crippen LogP contribution in [0.4, 0.5) is 5.69 Å². The fourth-order valence-corrected chi connectivity index (χ4v) is 2.47. The van der Waals surface area contributed by atoms with E-state index in [-0.39, 0.29) is 0 Å². The fourth-order valence-electron chi connectivity index (χ4n) is 2.47. The zero-order valence-electron chi connectivity index (χ0n) is 11.7. The van der Waals surface area contributed by atoms with Gasteiger partial charge in [-0.25, -0.2) is 0 Å². The predicted molar refractivity (Wildman–Crippen MR) is 78.4 cm³/mol. The standard InChI is InChI=1S/C16H20N2O2/c1-19-16-9-13(17)5-4-12(16)10-18(14-6-7-14)11-15-3-2-8-20-15/h2-5,8-9,14H,6-7,10-11,17H2,1H3. The Morgan fingerprint density at radius 3 is 2.80 bits per heavy atom. The summed E-state index contributed by atoms with van der Waals surface area (Å²) in [7, 11) is 1.69. The summed E-state index contributed by atoms with van der Waals surface area (Å²) in [6.45, 7) is 1.69. The van der Waals surface area contributed by atoms with Crippen LogP contribution in [0.5, 0.6) is 5.75 Å². The minimum Gasteiger partial charge on any atom is -0.496 e. The molecule has 1 heterocycles. The highest BCUT2D eigenvalue weighted by atomic mass is 16.5. The van der Waals surface area contributed by atoms with E-state index in [9.17, 15) is 0 Å². The summed E-state index contributed by atoms with van der Waals surface area (Å²) in [5.74, 6) is 1.86. The van der Waals surface area contributed by atoms with Crippen LogP contribution in [-0.4, -0.2) is 18.1 Å². The van der Waals surface area contributed by atoms with Gasteiger partial charge in [-0.3, -0.25) is 4.90 Å². The molecule has 0 atom stereocenters. The Bertz CT molecular complexity index is 562. The summed E-state index contributed by atoms with van der Waals surface area (Å²) in [4.78, 5) is 2.44. The molecule has 4 nitrogen and oxygen atoms in total. The molecule has 1 aliphatic carbocycles. The number of anilines is 1. The molecule has 1 saturated carbocycles. The molecule has 0 bridgehead atoms. The van der Waals surface area contributed by atoms with E-state index in [1.807, 2.05) is 30.3 Å². The second-order valence-corrected chi connectivity index (χ2v) is 5.29. The molecule has 1 aromatic carbocycles. The topological polar surface area (TPSA) is 51.6 Å². The number of nitrogens with zero attached hydrogens (tertiary/aromatic N) is 1. The molecule has 1 aromatic heterocycles. The molecule has 20 heavy (non-hydrogen) atoms. The van der Waals surface area contributed by atoms with E-state index in [2.05, 4.69) is 4.90 Å². The van der Waals surface area contributed by atoms with E-state index < -0.39 is 0 Å². The Morgan fingerprint density at radius 1 is 1.30 bits per heavy atom. The molecule has 2 N–H and O–H groups in total. The van der Waals surface area contributed by atoms with Crippen LogP contribution in [0.15, 0.2) is 41.0 Å². The number of hydrogen-bond acceptors (Lipinski definition) is 4. The average molecular weight is 272 g/mol. The van der Waals surface area contributed by atoms with Crippen molar-refractivity contribution in [1.29, 1.82) is 0 Å². The Balaban J connectivity index is 1.76. The first-order valence-corrected chi connectivity index (χ1v) is 6.95.